The Kier molecular flexibility index (Phi) is 2.36. The molecule has 80 valence electrons. The Morgan fingerprint density at radius 1 is 1.53 bits per heavy atom. The van der Waals surface area contributed by atoms with E-state index in [0.29, 0.717) is 6.54 Å². The van der Waals surface area contributed by atoms with E-state index in [1.54, 1.807) is 4.57 Å². The zero-order valence-corrected chi connectivity index (χ0v) is 8.95. The first kappa shape index (κ1) is 9.98. The van der Waals surface area contributed by atoms with Crippen LogP contribution in [0.25, 0.3) is 11.0 Å². The number of imidazole rings is 1. The number of nitrogens with zero attached hydrogens (tertiary/aromatic N) is 1. The fourth-order valence-electron chi connectivity index (χ4n) is 1.75. The molecular formula is C11H15N3O. The molecule has 1 heterocycles. The lowest BCUT2D eigenvalue weighted by Crippen LogP contribution is -2.28. The SMILES string of the molecule is Cc1ccc2c(c1)[nH]c(=O)n2CC(C)N. The largest absolute Gasteiger partial charge is 0.326 e. The summed E-state index contributed by atoms with van der Waals surface area (Å²) >= 11 is 0. The Bertz CT molecular complexity index is 536. The second-order valence-corrected chi connectivity index (χ2v) is 4.04. The van der Waals surface area contributed by atoms with Crippen LogP contribution in [0.5, 0.6) is 0 Å². The Morgan fingerprint density at radius 2 is 2.27 bits per heavy atom. The van der Waals surface area contributed by atoms with Gasteiger partial charge in [0, 0.05) is 12.6 Å². The van der Waals surface area contributed by atoms with Crippen LogP contribution in [0, 0.1) is 6.92 Å². The van der Waals surface area contributed by atoms with Gasteiger partial charge in [-0.1, -0.05) is 6.07 Å². The summed E-state index contributed by atoms with van der Waals surface area (Å²) in [7, 11) is 0. The number of benzene rings is 1. The van der Waals surface area contributed by atoms with Crippen LogP contribution in [0.1, 0.15) is 12.5 Å². The second-order valence-electron chi connectivity index (χ2n) is 4.04. The molecule has 0 bridgehead atoms. The minimum absolute atomic E-state index is 0.0250. The first-order valence-corrected chi connectivity index (χ1v) is 5.02. The number of aromatic nitrogens is 2. The number of hydrogen-bond acceptors (Lipinski definition) is 2. The highest BCUT2D eigenvalue weighted by Gasteiger charge is 2.07. The monoisotopic (exact) mass is 205 g/mol. The smallest absolute Gasteiger partial charge is 0.326 e. The lowest BCUT2D eigenvalue weighted by molar-refractivity contribution is 0.588. The minimum atomic E-state index is -0.0899. The number of aryl methyl sites for hydroxylation is 1. The van der Waals surface area contributed by atoms with Gasteiger partial charge >= 0.3 is 5.69 Å². The number of fused-ring (bicyclic) bond motifs is 1. The average molecular weight is 205 g/mol. The number of H-pyrrole nitrogens is 1. The summed E-state index contributed by atoms with van der Waals surface area (Å²) in [5, 5.41) is 0. The number of nitrogens with one attached hydrogen (secondary N) is 1. The molecule has 0 fully saturated rings. The maximum Gasteiger partial charge on any atom is 0.326 e. The highest BCUT2D eigenvalue weighted by atomic mass is 16.1. The van der Waals surface area contributed by atoms with E-state index in [1.807, 2.05) is 32.0 Å². The van der Waals surface area contributed by atoms with Gasteiger partial charge in [0.15, 0.2) is 0 Å². The van der Waals surface area contributed by atoms with E-state index in [4.69, 9.17) is 5.73 Å². The molecule has 4 nitrogen and oxygen atoms in total. The van der Waals surface area contributed by atoms with Crippen molar-refractivity contribution in [3.05, 3.63) is 34.2 Å². The van der Waals surface area contributed by atoms with Crippen LogP contribution in [0.2, 0.25) is 0 Å². The van der Waals surface area contributed by atoms with Crippen molar-refractivity contribution in [2.24, 2.45) is 5.73 Å². The number of nitrogens with two attached hydrogens (primary N) is 1. The van der Waals surface area contributed by atoms with Gasteiger partial charge in [0.05, 0.1) is 11.0 Å². The van der Waals surface area contributed by atoms with Crippen LogP contribution >= 0.6 is 0 Å². The van der Waals surface area contributed by atoms with Gasteiger partial charge in [-0.25, -0.2) is 4.79 Å². The predicted octanol–water partition coefficient (Wildman–Crippen LogP) is 0.985. The van der Waals surface area contributed by atoms with Crippen LogP contribution in [0.4, 0.5) is 0 Å². The normalized spacial score (nSPS) is 13.3. The summed E-state index contributed by atoms with van der Waals surface area (Å²) in [6.07, 6.45) is 0. The molecule has 0 aliphatic carbocycles. The second kappa shape index (κ2) is 3.55. The van der Waals surface area contributed by atoms with Gasteiger partial charge in [0.1, 0.15) is 0 Å². The Hall–Kier alpha value is -1.55. The zero-order valence-electron chi connectivity index (χ0n) is 8.95. The molecule has 1 unspecified atom stereocenters. The van der Waals surface area contributed by atoms with Gasteiger partial charge in [-0.15, -0.1) is 0 Å². The first-order valence-electron chi connectivity index (χ1n) is 5.02. The summed E-state index contributed by atoms with van der Waals surface area (Å²) in [6.45, 7) is 4.43. The van der Waals surface area contributed by atoms with Crippen molar-refractivity contribution in [1.82, 2.24) is 9.55 Å². The highest BCUT2D eigenvalue weighted by molar-refractivity contribution is 5.75. The van der Waals surface area contributed by atoms with Crippen molar-refractivity contribution in [3.63, 3.8) is 0 Å². The molecule has 0 saturated carbocycles. The van der Waals surface area contributed by atoms with E-state index in [9.17, 15) is 4.79 Å². The Labute approximate surface area is 87.7 Å². The summed E-state index contributed by atoms with van der Waals surface area (Å²) in [5.74, 6) is 0. The summed E-state index contributed by atoms with van der Waals surface area (Å²) in [5.41, 5.74) is 8.54. The van der Waals surface area contributed by atoms with E-state index >= 15 is 0 Å². The maximum absolute atomic E-state index is 11.6. The quantitative estimate of drug-likeness (QED) is 0.767. The third-order valence-corrected chi connectivity index (χ3v) is 2.40. The van der Waals surface area contributed by atoms with Crippen molar-refractivity contribution in [2.45, 2.75) is 26.4 Å². The number of hydrogen-bond donors (Lipinski definition) is 2. The lowest BCUT2D eigenvalue weighted by Gasteiger charge is -2.06. The van der Waals surface area contributed by atoms with Crippen molar-refractivity contribution in [2.75, 3.05) is 0 Å². The van der Waals surface area contributed by atoms with Crippen molar-refractivity contribution < 1.29 is 0 Å². The van der Waals surface area contributed by atoms with Gasteiger partial charge in [-0.3, -0.25) is 4.57 Å². The minimum Gasteiger partial charge on any atom is -0.326 e. The number of aromatic amines is 1. The molecule has 0 radical (unpaired) electrons. The molecule has 1 atom stereocenters. The van der Waals surface area contributed by atoms with Gasteiger partial charge in [0.25, 0.3) is 0 Å². The average Bonchev–Trinajstić information content (AvgIpc) is 2.41. The van der Waals surface area contributed by atoms with Gasteiger partial charge in [-0.05, 0) is 31.5 Å². The van der Waals surface area contributed by atoms with Crippen LogP contribution < -0.4 is 11.4 Å². The van der Waals surface area contributed by atoms with E-state index in [-0.39, 0.29) is 11.7 Å². The van der Waals surface area contributed by atoms with Crippen LogP contribution in [-0.2, 0) is 6.54 Å². The maximum atomic E-state index is 11.6. The summed E-state index contributed by atoms with van der Waals surface area (Å²) < 4.78 is 1.68. The molecule has 15 heavy (non-hydrogen) atoms. The highest BCUT2D eigenvalue weighted by Crippen LogP contribution is 2.12. The predicted molar refractivity (Wildman–Crippen MR) is 60.9 cm³/mol. The molecule has 0 saturated heterocycles. The molecule has 0 aliphatic heterocycles. The van der Waals surface area contributed by atoms with Crippen molar-refractivity contribution >= 4 is 11.0 Å². The van der Waals surface area contributed by atoms with Crippen molar-refractivity contribution in [3.8, 4) is 0 Å². The van der Waals surface area contributed by atoms with Gasteiger partial charge < -0.3 is 10.7 Å². The molecule has 2 aromatic rings. The molecule has 1 aromatic carbocycles. The fraction of sp³-hybridized carbons (Fsp3) is 0.364. The standard InChI is InChI=1S/C11H15N3O/c1-7-3-4-10-9(5-7)13-11(15)14(10)6-8(2)12/h3-5,8H,6,12H2,1-2H3,(H,13,15). The van der Waals surface area contributed by atoms with E-state index in [1.165, 1.54) is 0 Å². The molecule has 0 amide bonds. The van der Waals surface area contributed by atoms with E-state index in [2.05, 4.69) is 4.98 Å². The van der Waals surface area contributed by atoms with Gasteiger partial charge in [-0.2, -0.15) is 0 Å². The molecule has 4 heteroatoms. The molecule has 0 aliphatic rings. The molecule has 1 aromatic heterocycles. The van der Waals surface area contributed by atoms with E-state index in [0.717, 1.165) is 16.6 Å². The third-order valence-electron chi connectivity index (χ3n) is 2.40. The number of rotatable bonds is 2. The Morgan fingerprint density at radius 3 is 2.93 bits per heavy atom. The first-order chi connectivity index (χ1) is 7.08. The topological polar surface area (TPSA) is 63.8 Å². The van der Waals surface area contributed by atoms with Crippen LogP contribution in [0.3, 0.4) is 0 Å². The summed E-state index contributed by atoms with van der Waals surface area (Å²) in [6, 6.07) is 5.88. The third kappa shape index (κ3) is 1.80. The van der Waals surface area contributed by atoms with Crippen molar-refractivity contribution in [1.29, 1.82) is 0 Å². The molecule has 2 rings (SSSR count). The van der Waals surface area contributed by atoms with Crippen LogP contribution in [-0.4, -0.2) is 15.6 Å². The molecule has 3 N–H and O–H groups in total. The van der Waals surface area contributed by atoms with Crippen LogP contribution in [0.15, 0.2) is 23.0 Å². The molecule has 0 spiro atoms. The van der Waals surface area contributed by atoms with Gasteiger partial charge in [0.2, 0.25) is 0 Å². The Balaban J connectivity index is 2.63. The molecular weight excluding hydrogens is 190 g/mol. The zero-order chi connectivity index (χ0) is 11.0. The lowest BCUT2D eigenvalue weighted by atomic mass is 10.2. The fourth-order valence-corrected chi connectivity index (χ4v) is 1.75. The van der Waals surface area contributed by atoms with E-state index < -0.39 is 0 Å². The summed E-state index contributed by atoms with van der Waals surface area (Å²) in [4.78, 5) is 14.5.